The fraction of sp³-hybridized carbons (Fsp3) is 0.583. The van der Waals surface area contributed by atoms with Crippen LogP contribution in [0.2, 0.25) is 0 Å². The Bertz CT molecular complexity index is 294. The van der Waals surface area contributed by atoms with E-state index in [1.54, 1.807) is 0 Å². The Balaban J connectivity index is 1.92. The van der Waals surface area contributed by atoms with Gasteiger partial charge in [0.05, 0.1) is 6.61 Å². The molecule has 1 saturated heterocycles. The van der Waals surface area contributed by atoms with Gasteiger partial charge in [0.25, 0.3) is 0 Å². The zero-order valence-corrected chi connectivity index (χ0v) is 8.95. The molecule has 1 fully saturated rings. The minimum absolute atomic E-state index is 0.121. The maximum Gasteiger partial charge on any atom is 0.248 e. The van der Waals surface area contributed by atoms with Crippen LogP contribution in [-0.4, -0.2) is 37.1 Å². The number of nitrogens with zero attached hydrogens (tertiary/aromatic N) is 1. The number of carbonyl (C=O) groups excluding carboxylic acids is 1. The monoisotopic (exact) mass is 207 g/mol. The molecule has 0 bridgehead atoms. The molecule has 0 aromatic rings. The summed E-state index contributed by atoms with van der Waals surface area (Å²) < 4.78 is 5.10. The minimum atomic E-state index is 0.121. The first-order valence-electron chi connectivity index (χ1n) is 5.56. The first-order valence-corrected chi connectivity index (χ1v) is 5.56. The summed E-state index contributed by atoms with van der Waals surface area (Å²) in [6, 6.07) is 0. The van der Waals surface area contributed by atoms with Crippen molar-refractivity contribution in [3.8, 4) is 0 Å². The number of allylic oxidation sites excluding steroid dienone is 3. The average molecular weight is 207 g/mol. The normalized spacial score (nSPS) is 22.5. The highest BCUT2D eigenvalue weighted by Crippen LogP contribution is 2.14. The van der Waals surface area contributed by atoms with Crippen molar-refractivity contribution in [3.05, 3.63) is 23.8 Å². The predicted octanol–water partition coefficient (Wildman–Crippen LogP) is 1.51. The quantitative estimate of drug-likeness (QED) is 0.687. The molecular formula is C12H17NO2. The number of ether oxygens (including phenoxy) is 1. The summed E-state index contributed by atoms with van der Waals surface area (Å²) in [6.45, 7) is 2.45. The van der Waals surface area contributed by atoms with E-state index in [9.17, 15) is 4.79 Å². The molecule has 0 spiro atoms. The fourth-order valence-electron chi connectivity index (χ4n) is 1.93. The number of hydrogen-bond acceptors (Lipinski definition) is 2. The smallest absolute Gasteiger partial charge is 0.248 e. The molecule has 0 radical (unpaired) electrons. The molecule has 0 aromatic carbocycles. The van der Waals surface area contributed by atoms with Gasteiger partial charge in [-0.1, -0.05) is 23.8 Å². The number of rotatable bonds is 2. The van der Waals surface area contributed by atoms with Crippen molar-refractivity contribution in [2.75, 3.05) is 26.3 Å². The van der Waals surface area contributed by atoms with Gasteiger partial charge in [0.1, 0.15) is 6.61 Å². The lowest BCUT2D eigenvalue weighted by atomic mass is 10.1. The molecule has 1 amide bonds. The van der Waals surface area contributed by atoms with E-state index in [0.29, 0.717) is 6.61 Å². The molecule has 1 heterocycles. The van der Waals surface area contributed by atoms with Crippen LogP contribution in [0.3, 0.4) is 0 Å². The largest absolute Gasteiger partial charge is 0.370 e. The molecule has 0 N–H and O–H groups in total. The summed E-state index contributed by atoms with van der Waals surface area (Å²) in [7, 11) is 0. The van der Waals surface area contributed by atoms with Gasteiger partial charge >= 0.3 is 0 Å². The molecule has 1 aliphatic carbocycles. The first kappa shape index (κ1) is 10.4. The second-order valence-corrected chi connectivity index (χ2v) is 4.01. The topological polar surface area (TPSA) is 29.5 Å². The van der Waals surface area contributed by atoms with Crippen LogP contribution in [0.5, 0.6) is 0 Å². The van der Waals surface area contributed by atoms with Gasteiger partial charge in [-0.3, -0.25) is 4.79 Å². The van der Waals surface area contributed by atoms with Gasteiger partial charge in [-0.15, -0.1) is 0 Å². The molecule has 3 nitrogen and oxygen atoms in total. The molecule has 0 unspecified atom stereocenters. The Kier molecular flexibility index (Phi) is 3.56. The predicted molar refractivity (Wildman–Crippen MR) is 58.5 cm³/mol. The summed E-state index contributed by atoms with van der Waals surface area (Å²) in [6.07, 6.45) is 9.90. The number of hydrogen-bond donors (Lipinski definition) is 0. The molecule has 82 valence electrons. The third-order valence-corrected chi connectivity index (χ3v) is 2.81. The molecule has 1 aliphatic heterocycles. The second kappa shape index (κ2) is 5.12. The van der Waals surface area contributed by atoms with Gasteiger partial charge in [0, 0.05) is 13.1 Å². The summed E-state index contributed by atoms with van der Waals surface area (Å²) in [5.41, 5.74) is 1.36. The van der Waals surface area contributed by atoms with E-state index in [-0.39, 0.29) is 12.5 Å². The van der Waals surface area contributed by atoms with Gasteiger partial charge in [0.15, 0.2) is 0 Å². The zero-order chi connectivity index (χ0) is 10.5. The third-order valence-electron chi connectivity index (χ3n) is 2.81. The van der Waals surface area contributed by atoms with E-state index >= 15 is 0 Å². The van der Waals surface area contributed by atoms with Crippen molar-refractivity contribution in [3.63, 3.8) is 0 Å². The average Bonchev–Trinajstić information content (AvgIpc) is 2.50. The van der Waals surface area contributed by atoms with Gasteiger partial charge in [-0.05, 0) is 19.3 Å². The van der Waals surface area contributed by atoms with Gasteiger partial charge in [-0.25, -0.2) is 0 Å². The van der Waals surface area contributed by atoms with Crippen LogP contribution in [0.15, 0.2) is 23.8 Å². The highest BCUT2D eigenvalue weighted by molar-refractivity contribution is 5.78. The highest BCUT2D eigenvalue weighted by Gasteiger charge is 2.19. The fourth-order valence-corrected chi connectivity index (χ4v) is 1.93. The third kappa shape index (κ3) is 2.93. The minimum Gasteiger partial charge on any atom is -0.370 e. The lowest BCUT2D eigenvalue weighted by Crippen LogP contribution is -2.42. The SMILES string of the molecule is O=C1COCCN1CC1=CC=CCCC1. The van der Waals surface area contributed by atoms with Gasteiger partial charge in [0.2, 0.25) is 5.91 Å². The standard InChI is InChI=1S/C12H17NO2/c14-12-10-15-8-7-13(12)9-11-5-3-1-2-4-6-11/h1,3,5H,2,4,6-10H2. The number of amides is 1. The number of carbonyl (C=O) groups is 1. The van der Waals surface area contributed by atoms with E-state index in [4.69, 9.17) is 4.74 Å². The van der Waals surface area contributed by atoms with Crippen LogP contribution in [0.1, 0.15) is 19.3 Å². The first-order chi connectivity index (χ1) is 7.36. The Morgan fingerprint density at radius 2 is 2.40 bits per heavy atom. The van der Waals surface area contributed by atoms with Crippen LogP contribution in [-0.2, 0) is 9.53 Å². The van der Waals surface area contributed by atoms with E-state index in [1.165, 1.54) is 12.0 Å². The van der Waals surface area contributed by atoms with Crippen molar-refractivity contribution in [2.45, 2.75) is 19.3 Å². The van der Waals surface area contributed by atoms with E-state index in [1.807, 2.05) is 4.90 Å². The van der Waals surface area contributed by atoms with Crippen molar-refractivity contribution < 1.29 is 9.53 Å². The molecule has 2 rings (SSSR count). The lowest BCUT2D eigenvalue weighted by Gasteiger charge is -2.27. The molecular weight excluding hydrogens is 190 g/mol. The Morgan fingerprint density at radius 1 is 1.47 bits per heavy atom. The Morgan fingerprint density at radius 3 is 3.27 bits per heavy atom. The van der Waals surface area contributed by atoms with Crippen LogP contribution >= 0.6 is 0 Å². The molecule has 15 heavy (non-hydrogen) atoms. The number of morpholine rings is 1. The van der Waals surface area contributed by atoms with Gasteiger partial charge < -0.3 is 9.64 Å². The van der Waals surface area contributed by atoms with Crippen LogP contribution in [0.4, 0.5) is 0 Å². The molecule has 0 saturated carbocycles. The van der Waals surface area contributed by atoms with E-state index in [0.717, 1.165) is 25.9 Å². The summed E-state index contributed by atoms with van der Waals surface area (Å²) in [4.78, 5) is 13.4. The van der Waals surface area contributed by atoms with Crippen molar-refractivity contribution in [2.24, 2.45) is 0 Å². The van der Waals surface area contributed by atoms with Crippen LogP contribution in [0, 0.1) is 0 Å². The second-order valence-electron chi connectivity index (χ2n) is 4.01. The maximum absolute atomic E-state index is 11.5. The zero-order valence-electron chi connectivity index (χ0n) is 8.95. The van der Waals surface area contributed by atoms with Crippen molar-refractivity contribution in [1.82, 2.24) is 4.90 Å². The highest BCUT2D eigenvalue weighted by atomic mass is 16.5. The van der Waals surface area contributed by atoms with Crippen molar-refractivity contribution in [1.29, 1.82) is 0 Å². The Labute approximate surface area is 90.4 Å². The molecule has 0 aromatic heterocycles. The summed E-state index contributed by atoms with van der Waals surface area (Å²) in [5, 5.41) is 0. The summed E-state index contributed by atoms with van der Waals surface area (Å²) >= 11 is 0. The summed E-state index contributed by atoms with van der Waals surface area (Å²) in [5.74, 6) is 0.121. The van der Waals surface area contributed by atoms with Crippen LogP contribution < -0.4 is 0 Å². The maximum atomic E-state index is 11.5. The Hall–Kier alpha value is -1.09. The molecule has 2 aliphatic rings. The van der Waals surface area contributed by atoms with E-state index in [2.05, 4.69) is 18.2 Å². The van der Waals surface area contributed by atoms with Crippen molar-refractivity contribution >= 4 is 5.91 Å². The lowest BCUT2D eigenvalue weighted by molar-refractivity contribution is -0.142. The van der Waals surface area contributed by atoms with Crippen LogP contribution in [0.25, 0.3) is 0 Å². The van der Waals surface area contributed by atoms with E-state index < -0.39 is 0 Å². The molecule has 3 heteroatoms. The molecule has 0 atom stereocenters. The van der Waals surface area contributed by atoms with Gasteiger partial charge in [-0.2, -0.15) is 0 Å².